The summed E-state index contributed by atoms with van der Waals surface area (Å²) < 4.78 is 15.3. The molecule has 8 heteroatoms. The normalized spacial score (nSPS) is 17.1. The first kappa shape index (κ1) is 17.6. The van der Waals surface area contributed by atoms with Crippen molar-refractivity contribution in [2.24, 2.45) is 0 Å². The second-order valence-electron chi connectivity index (χ2n) is 5.18. The van der Waals surface area contributed by atoms with Gasteiger partial charge in [-0.2, -0.15) is 0 Å². The molecule has 130 valence electrons. The second kappa shape index (κ2) is 7.67. The van der Waals surface area contributed by atoms with Gasteiger partial charge in [0.15, 0.2) is 0 Å². The van der Waals surface area contributed by atoms with Crippen LogP contribution < -0.4 is 10.6 Å². The maximum atomic E-state index is 12.2. The third kappa shape index (κ3) is 3.76. The fourth-order valence-electron chi connectivity index (χ4n) is 2.36. The van der Waals surface area contributed by atoms with Crippen molar-refractivity contribution >= 4 is 18.0 Å². The SMILES string of the molecule is CCOC(=O)C1=C(COC(=O)c2occc2C)NC(=O)NC1CC. The third-order valence-electron chi connectivity index (χ3n) is 3.54. The minimum absolute atomic E-state index is 0.0839. The van der Waals surface area contributed by atoms with Crippen LogP contribution in [0.25, 0.3) is 0 Å². The van der Waals surface area contributed by atoms with Crippen LogP contribution >= 0.6 is 0 Å². The lowest BCUT2D eigenvalue weighted by Crippen LogP contribution is -2.51. The fraction of sp³-hybridized carbons (Fsp3) is 0.438. The van der Waals surface area contributed by atoms with Gasteiger partial charge in [-0.15, -0.1) is 0 Å². The number of urea groups is 1. The van der Waals surface area contributed by atoms with Crippen molar-refractivity contribution in [1.29, 1.82) is 0 Å². The number of ether oxygens (including phenoxy) is 2. The number of carbonyl (C=O) groups excluding carboxylic acids is 3. The van der Waals surface area contributed by atoms with E-state index < -0.39 is 24.0 Å². The van der Waals surface area contributed by atoms with E-state index >= 15 is 0 Å². The molecule has 0 bridgehead atoms. The Balaban J connectivity index is 2.21. The van der Waals surface area contributed by atoms with Gasteiger partial charge in [-0.05, 0) is 26.3 Å². The molecule has 8 nitrogen and oxygen atoms in total. The van der Waals surface area contributed by atoms with Crippen LogP contribution in [0.15, 0.2) is 28.0 Å². The summed E-state index contributed by atoms with van der Waals surface area (Å²) in [6, 6.07) is 0.672. The van der Waals surface area contributed by atoms with Gasteiger partial charge < -0.3 is 24.5 Å². The number of rotatable bonds is 6. The Morgan fingerprint density at radius 2 is 2.00 bits per heavy atom. The van der Waals surface area contributed by atoms with Crippen LogP contribution in [-0.2, 0) is 14.3 Å². The number of aryl methyl sites for hydroxylation is 1. The van der Waals surface area contributed by atoms with Crippen molar-refractivity contribution in [3.05, 3.63) is 34.9 Å². The Bertz CT molecular complexity index is 676. The molecule has 1 aromatic rings. The lowest BCUT2D eigenvalue weighted by atomic mass is 10.0. The highest BCUT2D eigenvalue weighted by molar-refractivity contribution is 5.95. The first-order valence-electron chi connectivity index (χ1n) is 7.66. The summed E-state index contributed by atoms with van der Waals surface area (Å²) in [4.78, 5) is 35.9. The van der Waals surface area contributed by atoms with E-state index in [-0.39, 0.29) is 30.2 Å². The molecular weight excluding hydrogens is 316 g/mol. The molecule has 2 heterocycles. The maximum absolute atomic E-state index is 12.2. The Labute approximate surface area is 139 Å². The standard InChI is InChI=1S/C16H20N2O6/c1-4-10-12(14(19)22-5-2)11(18-16(21)17-10)8-24-15(20)13-9(3)6-7-23-13/h6-7,10H,4-5,8H2,1-3H3,(H2,17,18,21). The van der Waals surface area contributed by atoms with Gasteiger partial charge in [0.05, 0.1) is 30.2 Å². The Morgan fingerprint density at radius 1 is 1.25 bits per heavy atom. The molecule has 0 fully saturated rings. The molecule has 1 aliphatic heterocycles. The van der Waals surface area contributed by atoms with Crippen LogP contribution in [0.5, 0.6) is 0 Å². The van der Waals surface area contributed by atoms with Crippen LogP contribution in [0, 0.1) is 6.92 Å². The lowest BCUT2D eigenvalue weighted by molar-refractivity contribution is -0.139. The van der Waals surface area contributed by atoms with E-state index in [1.54, 1.807) is 19.9 Å². The highest BCUT2D eigenvalue weighted by atomic mass is 16.5. The zero-order chi connectivity index (χ0) is 17.7. The molecule has 0 saturated heterocycles. The molecule has 24 heavy (non-hydrogen) atoms. The number of nitrogens with one attached hydrogen (secondary N) is 2. The first-order chi connectivity index (χ1) is 11.5. The van der Waals surface area contributed by atoms with E-state index in [0.717, 1.165) is 0 Å². The number of hydrogen-bond acceptors (Lipinski definition) is 6. The number of furan rings is 1. The lowest BCUT2D eigenvalue weighted by Gasteiger charge is -2.28. The zero-order valence-corrected chi connectivity index (χ0v) is 13.8. The highest BCUT2D eigenvalue weighted by Crippen LogP contribution is 2.18. The van der Waals surface area contributed by atoms with Crippen molar-refractivity contribution in [1.82, 2.24) is 10.6 Å². The van der Waals surface area contributed by atoms with Gasteiger partial charge in [-0.25, -0.2) is 14.4 Å². The van der Waals surface area contributed by atoms with E-state index in [1.807, 2.05) is 6.92 Å². The minimum Gasteiger partial charge on any atom is -0.463 e. The fourth-order valence-corrected chi connectivity index (χ4v) is 2.36. The monoisotopic (exact) mass is 336 g/mol. The predicted molar refractivity (Wildman–Crippen MR) is 83.1 cm³/mol. The summed E-state index contributed by atoms with van der Waals surface area (Å²) >= 11 is 0. The molecule has 2 rings (SSSR count). The number of hydrogen-bond donors (Lipinski definition) is 2. The smallest absolute Gasteiger partial charge is 0.374 e. The van der Waals surface area contributed by atoms with E-state index in [4.69, 9.17) is 13.9 Å². The maximum Gasteiger partial charge on any atom is 0.374 e. The van der Waals surface area contributed by atoms with Gasteiger partial charge in [0.2, 0.25) is 5.76 Å². The van der Waals surface area contributed by atoms with E-state index in [1.165, 1.54) is 6.26 Å². The topological polar surface area (TPSA) is 107 Å². The number of carbonyl (C=O) groups is 3. The largest absolute Gasteiger partial charge is 0.463 e. The summed E-state index contributed by atoms with van der Waals surface area (Å²) in [7, 11) is 0. The van der Waals surface area contributed by atoms with Crippen molar-refractivity contribution in [2.75, 3.05) is 13.2 Å². The van der Waals surface area contributed by atoms with Crippen molar-refractivity contribution < 1.29 is 28.3 Å². The number of amides is 2. The van der Waals surface area contributed by atoms with E-state index in [0.29, 0.717) is 12.0 Å². The van der Waals surface area contributed by atoms with Crippen molar-refractivity contribution in [3.63, 3.8) is 0 Å². The molecule has 1 aromatic heterocycles. The first-order valence-corrected chi connectivity index (χ1v) is 7.66. The van der Waals surface area contributed by atoms with E-state index in [2.05, 4.69) is 10.6 Å². The van der Waals surface area contributed by atoms with Crippen molar-refractivity contribution in [3.8, 4) is 0 Å². The van der Waals surface area contributed by atoms with Crippen LogP contribution in [-0.4, -0.2) is 37.2 Å². The Morgan fingerprint density at radius 3 is 2.58 bits per heavy atom. The quantitative estimate of drug-likeness (QED) is 0.765. The molecule has 0 aliphatic carbocycles. The molecule has 0 aromatic carbocycles. The average molecular weight is 336 g/mol. The molecular formula is C16H20N2O6. The third-order valence-corrected chi connectivity index (χ3v) is 3.54. The highest BCUT2D eigenvalue weighted by Gasteiger charge is 2.32. The van der Waals surface area contributed by atoms with Gasteiger partial charge in [0, 0.05) is 5.56 Å². The molecule has 0 saturated carbocycles. The molecule has 1 unspecified atom stereocenters. The summed E-state index contributed by atoms with van der Waals surface area (Å²) in [6.45, 7) is 5.16. The van der Waals surface area contributed by atoms with Gasteiger partial charge in [0.1, 0.15) is 6.61 Å². The molecule has 1 aliphatic rings. The van der Waals surface area contributed by atoms with Gasteiger partial charge in [-0.3, -0.25) is 0 Å². The van der Waals surface area contributed by atoms with Gasteiger partial charge in [-0.1, -0.05) is 6.92 Å². The molecule has 0 radical (unpaired) electrons. The van der Waals surface area contributed by atoms with Crippen LogP contribution in [0.4, 0.5) is 4.79 Å². The van der Waals surface area contributed by atoms with Crippen molar-refractivity contribution in [2.45, 2.75) is 33.2 Å². The van der Waals surface area contributed by atoms with E-state index in [9.17, 15) is 14.4 Å². The van der Waals surface area contributed by atoms with Gasteiger partial charge >= 0.3 is 18.0 Å². The summed E-state index contributed by atoms with van der Waals surface area (Å²) in [6.07, 6.45) is 1.88. The Kier molecular flexibility index (Phi) is 5.62. The summed E-state index contributed by atoms with van der Waals surface area (Å²) in [5.74, 6) is -1.15. The van der Waals surface area contributed by atoms with Crippen LogP contribution in [0.1, 0.15) is 36.4 Å². The van der Waals surface area contributed by atoms with Crippen LogP contribution in [0.2, 0.25) is 0 Å². The Hall–Kier alpha value is -2.77. The zero-order valence-electron chi connectivity index (χ0n) is 13.8. The summed E-state index contributed by atoms with van der Waals surface area (Å²) in [5.41, 5.74) is 1.10. The summed E-state index contributed by atoms with van der Waals surface area (Å²) in [5, 5.41) is 5.15. The van der Waals surface area contributed by atoms with Gasteiger partial charge in [0.25, 0.3) is 0 Å². The predicted octanol–water partition coefficient (Wildman–Crippen LogP) is 1.65. The number of esters is 2. The van der Waals surface area contributed by atoms with Crippen LogP contribution in [0.3, 0.4) is 0 Å². The molecule has 2 amide bonds. The molecule has 1 atom stereocenters. The molecule has 0 spiro atoms. The molecule has 2 N–H and O–H groups in total. The second-order valence-corrected chi connectivity index (χ2v) is 5.18. The average Bonchev–Trinajstić information content (AvgIpc) is 2.98. The minimum atomic E-state index is -0.672.